The molecule has 0 fully saturated rings. The van der Waals surface area contributed by atoms with Crippen LogP contribution in [0.1, 0.15) is 16.9 Å². The fraction of sp³-hybridized carbons (Fsp3) is 0.429. The summed E-state index contributed by atoms with van der Waals surface area (Å²) in [4.78, 5) is 10.7. The van der Waals surface area contributed by atoms with Crippen molar-refractivity contribution in [1.29, 1.82) is 0 Å². The molecular weight excluding hydrogens is 318 g/mol. The predicted octanol–water partition coefficient (Wildman–Crippen LogP) is 1.74. The van der Waals surface area contributed by atoms with Gasteiger partial charge in [0.25, 0.3) is 0 Å². The quantitative estimate of drug-likeness (QED) is 0.825. The summed E-state index contributed by atoms with van der Waals surface area (Å²) < 4.78 is 2.22. The van der Waals surface area contributed by atoms with E-state index in [2.05, 4.69) is 26.3 Å². The molecule has 1 aliphatic heterocycles. The smallest absolute Gasteiger partial charge is 0.357 e. The van der Waals surface area contributed by atoms with Crippen LogP contribution in [0.3, 0.4) is 0 Å². The lowest BCUT2D eigenvalue weighted by atomic mass is 10.3. The van der Waals surface area contributed by atoms with Gasteiger partial charge in [-0.15, -0.1) is 17.0 Å². The number of carbonyl (C=O) groups is 1. The molecule has 0 atom stereocenters. The fourth-order valence-electron chi connectivity index (χ4n) is 1.34. The van der Waals surface area contributed by atoms with Crippen molar-refractivity contribution in [2.45, 2.75) is 13.0 Å². The number of fused-ring (bicyclic) bond motifs is 1. The van der Waals surface area contributed by atoms with Gasteiger partial charge in [-0.05, 0) is 22.4 Å². The zero-order valence-electron chi connectivity index (χ0n) is 7.16. The lowest BCUT2D eigenvalue weighted by molar-refractivity contribution is 0.0688. The van der Waals surface area contributed by atoms with E-state index in [1.54, 1.807) is 4.68 Å². The van der Waals surface area contributed by atoms with Gasteiger partial charge < -0.3 is 10.4 Å². The van der Waals surface area contributed by atoms with Crippen LogP contribution in [-0.4, -0.2) is 27.4 Å². The summed E-state index contributed by atoms with van der Waals surface area (Å²) in [6, 6.07) is 0. The molecule has 0 amide bonds. The Morgan fingerprint density at radius 2 is 2.36 bits per heavy atom. The number of hydrogen-bond acceptors (Lipinski definition) is 3. The van der Waals surface area contributed by atoms with Crippen molar-refractivity contribution < 1.29 is 9.90 Å². The van der Waals surface area contributed by atoms with E-state index in [0.29, 0.717) is 4.47 Å². The summed E-state index contributed by atoms with van der Waals surface area (Å²) >= 11 is 3.21. The standard InChI is InChI=1S/C7H8BrN3O2.BrH/c8-4-5(7(12)13)10-11-3-1-2-9-6(4)11;/h9H,1-3H2,(H,12,13);1H. The molecule has 1 aliphatic rings. The van der Waals surface area contributed by atoms with Crippen molar-refractivity contribution in [1.82, 2.24) is 9.78 Å². The molecule has 1 aromatic rings. The van der Waals surface area contributed by atoms with E-state index < -0.39 is 5.97 Å². The molecule has 0 aliphatic carbocycles. The molecule has 0 bridgehead atoms. The molecule has 0 saturated carbocycles. The van der Waals surface area contributed by atoms with Crippen LogP contribution in [0, 0.1) is 0 Å². The Labute approximate surface area is 99.4 Å². The highest BCUT2D eigenvalue weighted by Gasteiger charge is 2.22. The molecule has 2 N–H and O–H groups in total. The number of nitrogens with one attached hydrogen (secondary N) is 1. The first-order valence-electron chi connectivity index (χ1n) is 3.93. The molecule has 14 heavy (non-hydrogen) atoms. The second-order valence-corrected chi connectivity index (χ2v) is 3.61. The highest BCUT2D eigenvalue weighted by atomic mass is 79.9. The number of hydrogen-bond donors (Lipinski definition) is 2. The zero-order valence-corrected chi connectivity index (χ0v) is 10.5. The lowest BCUT2D eigenvalue weighted by Crippen LogP contribution is -2.17. The minimum Gasteiger partial charge on any atom is -0.476 e. The minimum absolute atomic E-state index is 0. The first-order valence-corrected chi connectivity index (χ1v) is 4.73. The second-order valence-electron chi connectivity index (χ2n) is 2.82. The van der Waals surface area contributed by atoms with Gasteiger partial charge in [0.15, 0.2) is 5.69 Å². The molecule has 5 nitrogen and oxygen atoms in total. The summed E-state index contributed by atoms with van der Waals surface area (Å²) in [5.41, 5.74) is 0.0735. The molecule has 0 radical (unpaired) electrons. The van der Waals surface area contributed by atoms with Crippen molar-refractivity contribution in [3.05, 3.63) is 10.2 Å². The maximum Gasteiger partial charge on any atom is 0.357 e. The Hall–Kier alpha value is -0.560. The lowest BCUT2D eigenvalue weighted by Gasteiger charge is -2.15. The van der Waals surface area contributed by atoms with Crippen molar-refractivity contribution in [3.8, 4) is 0 Å². The van der Waals surface area contributed by atoms with E-state index >= 15 is 0 Å². The van der Waals surface area contributed by atoms with E-state index in [1.165, 1.54) is 0 Å². The number of aromatic carboxylic acids is 1. The molecule has 1 aromatic heterocycles. The monoisotopic (exact) mass is 325 g/mol. The van der Waals surface area contributed by atoms with Crippen molar-refractivity contribution in [2.75, 3.05) is 11.9 Å². The second kappa shape index (κ2) is 4.31. The van der Waals surface area contributed by atoms with Crippen molar-refractivity contribution in [2.24, 2.45) is 0 Å². The molecule has 7 heteroatoms. The van der Waals surface area contributed by atoms with Gasteiger partial charge in [0.2, 0.25) is 0 Å². The van der Waals surface area contributed by atoms with E-state index in [0.717, 1.165) is 25.3 Å². The SMILES string of the molecule is Br.O=C(O)c1nn2c(c1Br)NCCC2. The number of halogens is 2. The van der Waals surface area contributed by atoms with Crippen LogP contribution in [0.5, 0.6) is 0 Å². The molecular formula is C7H9Br2N3O2. The average molecular weight is 327 g/mol. The van der Waals surface area contributed by atoms with E-state index in [4.69, 9.17) is 5.11 Å². The van der Waals surface area contributed by atoms with Crippen molar-refractivity contribution >= 4 is 44.7 Å². The van der Waals surface area contributed by atoms with Gasteiger partial charge in [0.1, 0.15) is 5.82 Å². The van der Waals surface area contributed by atoms with Crippen LogP contribution in [0.2, 0.25) is 0 Å². The maximum absolute atomic E-state index is 10.7. The Morgan fingerprint density at radius 1 is 1.64 bits per heavy atom. The third kappa shape index (κ3) is 1.78. The van der Waals surface area contributed by atoms with Gasteiger partial charge in [-0.3, -0.25) is 0 Å². The van der Waals surface area contributed by atoms with Gasteiger partial charge >= 0.3 is 5.97 Å². The fourth-order valence-corrected chi connectivity index (χ4v) is 1.94. The number of carboxylic acids is 1. The topological polar surface area (TPSA) is 67.1 Å². The first kappa shape index (κ1) is 11.5. The predicted molar refractivity (Wildman–Crippen MR) is 60.3 cm³/mol. The first-order chi connectivity index (χ1) is 6.20. The van der Waals surface area contributed by atoms with Gasteiger partial charge in [0.05, 0.1) is 4.47 Å². The highest BCUT2D eigenvalue weighted by Crippen LogP contribution is 2.28. The van der Waals surface area contributed by atoms with Gasteiger partial charge in [0, 0.05) is 13.1 Å². The zero-order chi connectivity index (χ0) is 9.42. The molecule has 0 saturated heterocycles. The van der Waals surface area contributed by atoms with Crippen LogP contribution in [0.4, 0.5) is 5.82 Å². The van der Waals surface area contributed by atoms with Crippen LogP contribution in [-0.2, 0) is 6.54 Å². The van der Waals surface area contributed by atoms with Gasteiger partial charge in [-0.2, -0.15) is 5.10 Å². The molecule has 0 spiro atoms. The van der Waals surface area contributed by atoms with Crippen LogP contribution in [0.25, 0.3) is 0 Å². The van der Waals surface area contributed by atoms with E-state index in [1.807, 2.05) is 0 Å². The average Bonchev–Trinajstić information content (AvgIpc) is 2.45. The van der Waals surface area contributed by atoms with Gasteiger partial charge in [-0.1, -0.05) is 0 Å². The normalized spacial score (nSPS) is 13.8. The number of nitrogens with zero attached hydrogens (tertiary/aromatic N) is 2. The van der Waals surface area contributed by atoms with Gasteiger partial charge in [-0.25, -0.2) is 9.48 Å². The number of aromatic nitrogens is 2. The largest absolute Gasteiger partial charge is 0.476 e. The van der Waals surface area contributed by atoms with Crippen LogP contribution >= 0.6 is 32.9 Å². The molecule has 0 unspecified atom stereocenters. The Kier molecular flexibility index (Phi) is 3.54. The minimum atomic E-state index is -1.00. The Bertz CT molecular complexity index is 364. The third-order valence-electron chi connectivity index (χ3n) is 1.94. The third-order valence-corrected chi connectivity index (χ3v) is 2.69. The Morgan fingerprint density at radius 3 is 2.93 bits per heavy atom. The molecule has 0 aromatic carbocycles. The number of aryl methyl sites for hydroxylation is 1. The molecule has 78 valence electrons. The summed E-state index contributed by atoms with van der Waals surface area (Å²) in [6.07, 6.45) is 0.972. The summed E-state index contributed by atoms with van der Waals surface area (Å²) in [5, 5.41) is 15.8. The van der Waals surface area contributed by atoms with Crippen molar-refractivity contribution in [3.63, 3.8) is 0 Å². The van der Waals surface area contributed by atoms with E-state index in [9.17, 15) is 4.79 Å². The van der Waals surface area contributed by atoms with Crippen LogP contribution < -0.4 is 5.32 Å². The number of carboxylic acid groups (broad SMARTS) is 1. The number of rotatable bonds is 1. The Balaban J connectivity index is 0.000000980. The highest BCUT2D eigenvalue weighted by molar-refractivity contribution is 9.10. The maximum atomic E-state index is 10.7. The van der Waals surface area contributed by atoms with E-state index in [-0.39, 0.29) is 22.7 Å². The summed E-state index contributed by atoms with van der Waals surface area (Å²) in [6.45, 7) is 1.64. The van der Waals surface area contributed by atoms with Crippen LogP contribution in [0.15, 0.2) is 4.47 Å². The number of anilines is 1. The molecule has 2 rings (SSSR count). The summed E-state index contributed by atoms with van der Waals surface area (Å²) in [7, 11) is 0. The molecule has 2 heterocycles. The summed E-state index contributed by atoms with van der Waals surface area (Å²) in [5.74, 6) is -0.237.